The van der Waals surface area contributed by atoms with Crippen LogP contribution < -0.4 is 0 Å². The highest BCUT2D eigenvalue weighted by molar-refractivity contribution is 7.19. The van der Waals surface area contributed by atoms with E-state index in [4.69, 9.17) is 11.6 Å². The van der Waals surface area contributed by atoms with Crippen LogP contribution in [0.4, 0.5) is 0 Å². The van der Waals surface area contributed by atoms with Gasteiger partial charge in [0.05, 0.1) is 15.8 Å². The molecule has 1 heterocycles. The molecule has 3 rings (SSSR count). The molecule has 0 aliphatic carbocycles. The van der Waals surface area contributed by atoms with E-state index in [-0.39, 0.29) is 0 Å². The third-order valence-corrected chi connectivity index (χ3v) is 4.32. The Labute approximate surface area is 137 Å². The number of nitriles is 1. The lowest BCUT2D eigenvalue weighted by atomic mass is 10.2. The van der Waals surface area contributed by atoms with Crippen LogP contribution in [-0.4, -0.2) is 4.98 Å². The minimum atomic E-state index is 0.471. The number of fused-ring (bicyclic) bond motifs is 1. The molecule has 22 heavy (non-hydrogen) atoms. The van der Waals surface area contributed by atoms with Crippen LogP contribution in [0.2, 0.25) is 0 Å². The van der Waals surface area contributed by atoms with Crippen molar-refractivity contribution in [3.05, 3.63) is 76.3 Å². The van der Waals surface area contributed by atoms with Crippen molar-refractivity contribution in [2.45, 2.75) is 0 Å². The maximum atomic E-state index is 9.38. The Kier molecular flexibility index (Phi) is 4.34. The summed E-state index contributed by atoms with van der Waals surface area (Å²) in [7, 11) is 0. The van der Waals surface area contributed by atoms with E-state index >= 15 is 0 Å². The molecule has 1 aromatic heterocycles. The van der Waals surface area contributed by atoms with E-state index in [0.717, 1.165) is 15.8 Å². The number of hydrogen-bond donors (Lipinski definition) is 0. The van der Waals surface area contributed by atoms with Crippen molar-refractivity contribution < 1.29 is 0 Å². The fourth-order valence-corrected chi connectivity index (χ4v) is 3.18. The van der Waals surface area contributed by atoms with Crippen molar-refractivity contribution in [3.63, 3.8) is 0 Å². The van der Waals surface area contributed by atoms with Crippen LogP contribution in [0.5, 0.6) is 0 Å². The van der Waals surface area contributed by atoms with Crippen molar-refractivity contribution >= 4 is 44.8 Å². The molecular formula is C18H11ClN2S. The summed E-state index contributed by atoms with van der Waals surface area (Å²) in [5.74, 6) is 0. The monoisotopic (exact) mass is 322 g/mol. The number of para-hydroxylation sites is 1. The smallest absolute Gasteiger partial charge is 0.135 e. The van der Waals surface area contributed by atoms with Gasteiger partial charge in [-0.2, -0.15) is 5.26 Å². The molecule has 0 saturated carbocycles. The van der Waals surface area contributed by atoms with E-state index in [0.29, 0.717) is 15.6 Å². The lowest BCUT2D eigenvalue weighted by Gasteiger charge is -1.95. The van der Waals surface area contributed by atoms with Crippen molar-refractivity contribution in [2.75, 3.05) is 0 Å². The Bertz CT molecular complexity index is 868. The van der Waals surface area contributed by atoms with Gasteiger partial charge in [0.15, 0.2) is 0 Å². The number of allylic oxidation sites excluding steroid dienone is 3. The Morgan fingerprint density at radius 3 is 2.55 bits per heavy atom. The van der Waals surface area contributed by atoms with Gasteiger partial charge >= 0.3 is 0 Å². The number of hydrogen-bond acceptors (Lipinski definition) is 3. The van der Waals surface area contributed by atoms with Crippen molar-refractivity contribution in [3.8, 4) is 6.07 Å². The topological polar surface area (TPSA) is 36.7 Å². The number of thiazole rings is 1. The number of halogens is 1. The third-order valence-electron chi connectivity index (χ3n) is 3.03. The standard InChI is InChI=1S/C18H11ClN2S/c19-15(10-13-6-2-1-3-7-13)11-14(12-20)18-21-16-8-4-5-9-17(16)22-18/h1-11H/b14-11+,15-10-. The highest BCUT2D eigenvalue weighted by Gasteiger charge is 2.08. The van der Waals surface area contributed by atoms with Gasteiger partial charge in [-0.1, -0.05) is 54.1 Å². The molecule has 2 aromatic carbocycles. The van der Waals surface area contributed by atoms with Gasteiger partial charge in [0.1, 0.15) is 11.1 Å². The zero-order valence-corrected chi connectivity index (χ0v) is 13.1. The molecule has 0 saturated heterocycles. The van der Waals surface area contributed by atoms with E-state index in [1.165, 1.54) is 11.3 Å². The largest absolute Gasteiger partial charge is 0.235 e. The summed E-state index contributed by atoms with van der Waals surface area (Å²) in [6, 6.07) is 19.8. The van der Waals surface area contributed by atoms with E-state index in [2.05, 4.69) is 11.1 Å². The van der Waals surface area contributed by atoms with Crippen LogP contribution in [0, 0.1) is 11.3 Å². The zero-order chi connectivity index (χ0) is 15.4. The Hall–Kier alpha value is -2.41. The summed E-state index contributed by atoms with van der Waals surface area (Å²) in [5, 5.41) is 10.6. The Morgan fingerprint density at radius 2 is 1.82 bits per heavy atom. The summed E-state index contributed by atoms with van der Waals surface area (Å²) < 4.78 is 1.06. The summed E-state index contributed by atoms with van der Waals surface area (Å²) >= 11 is 7.74. The second-order valence-electron chi connectivity index (χ2n) is 4.60. The zero-order valence-electron chi connectivity index (χ0n) is 11.5. The van der Waals surface area contributed by atoms with Crippen LogP contribution in [0.3, 0.4) is 0 Å². The second-order valence-corrected chi connectivity index (χ2v) is 6.06. The molecule has 0 atom stereocenters. The first-order chi connectivity index (χ1) is 10.8. The predicted octanol–water partition coefficient (Wildman–Crippen LogP) is 5.48. The number of nitrogens with zero attached hydrogens (tertiary/aromatic N) is 2. The maximum Gasteiger partial charge on any atom is 0.135 e. The second kappa shape index (κ2) is 6.57. The molecule has 0 aliphatic rings. The minimum Gasteiger partial charge on any atom is -0.235 e. The maximum absolute atomic E-state index is 9.38. The molecule has 0 spiro atoms. The molecule has 0 fully saturated rings. The molecule has 2 nitrogen and oxygen atoms in total. The van der Waals surface area contributed by atoms with E-state index in [9.17, 15) is 5.26 Å². The van der Waals surface area contributed by atoms with Gasteiger partial charge in [-0.3, -0.25) is 0 Å². The normalized spacial score (nSPS) is 12.4. The van der Waals surface area contributed by atoms with Crippen molar-refractivity contribution in [1.29, 1.82) is 5.26 Å². The molecule has 3 aromatic rings. The average molecular weight is 323 g/mol. The number of benzene rings is 2. The number of aromatic nitrogens is 1. The molecule has 106 valence electrons. The predicted molar refractivity (Wildman–Crippen MR) is 93.5 cm³/mol. The van der Waals surface area contributed by atoms with Gasteiger partial charge in [0.2, 0.25) is 0 Å². The highest BCUT2D eigenvalue weighted by Crippen LogP contribution is 2.28. The lowest BCUT2D eigenvalue weighted by Crippen LogP contribution is -1.80. The van der Waals surface area contributed by atoms with Crippen LogP contribution in [0.1, 0.15) is 10.6 Å². The first-order valence-corrected chi connectivity index (χ1v) is 7.86. The molecule has 4 heteroatoms. The molecule has 0 bridgehead atoms. The van der Waals surface area contributed by atoms with Crippen LogP contribution in [0.25, 0.3) is 21.9 Å². The molecule has 0 aliphatic heterocycles. The summed E-state index contributed by atoms with van der Waals surface area (Å²) in [4.78, 5) is 4.49. The molecule has 0 radical (unpaired) electrons. The first-order valence-electron chi connectivity index (χ1n) is 6.66. The molecule has 0 amide bonds. The SMILES string of the molecule is N#C/C(=C\C(Cl)=C\c1ccccc1)c1nc2ccccc2s1. The van der Waals surface area contributed by atoms with Gasteiger partial charge in [0.25, 0.3) is 0 Å². The van der Waals surface area contributed by atoms with Gasteiger partial charge in [0, 0.05) is 5.03 Å². The molecule has 0 N–H and O–H groups in total. The van der Waals surface area contributed by atoms with Crippen LogP contribution in [-0.2, 0) is 0 Å². The van der Waals surface area contributed by atoms with E-state index in [1.807, 2.05) is 60.7 Å². The van der Waals surface area contributed by atoms with Crippen molar-refractivity contribution in [2.24, 2.45) is 0 Å². The van der Waals surface area contributed by atoms with Gasteiger partial charge in [-0.15, -0.1) is 11.3 Å². The quantitative estimate of drug-likeness (QED) is 0.472. The first kappa shape index (κ1) is 14.5. The van der Waals surface area contributed by atoms with Gasteiger partial charge < -0.3 is 0 Å². The molecular weight excluding hydrogens is 312 g/mol. The fourth-order valence-electron chi connectivity index (χ4n) is 2.02. The summed E-state index contributed by atoms with van der Waals surface area (Å²) in [6.07, 6.45) is 3.48. The van der Waals surface area contributed by atoms with Crippen LogP contribution in [0.15, 0.2) is 65.7 Å². The van der Waals surface area contributed by atoms with E-state index < -0.39 is 0 Å². The minimum absolute atomic E-state index is 0.471. The molecule has 0 unspecified atom stereocenters. The van der Waals surface area contributed by atoms with Gasteiger partial charge in [-0.25, -0.2) is 4.98 Å². The fraction of sp³-hybridized carbons (Fsp3) is 0. The Balaban J connectivity index is 1.96. The third kappa shape index (κ3) is 3.25. The van der Waals surface area contributed by atoms with Gasteiger partial charge in [-0.05, 0) is 29.8 Å². The summed E-state index contributed by atoms with van der Waals surface area (Å²) in [6.45, 7) is 0. The lowest BCUT2D eigenvalue weighted by molar-refractivity contribution is 1.43. The van der Waals surface area contributed by atoms with E-state index in [1.54, 1.807) is 6.08 Å². The van der Waals surface area contributed by atoms with Crippen molar-refractivity contribution in [1.82, 2.24) is 4.98 Å². The average Bonchev–Trinajstić information content (AvgIpc) is 2.97. The Morgan fingerprint density at radius 1 is 1.09 bits per heavy atom. The van der Waals surface area contributed by atoms with Crippen LogP contribution >= 0.6 is 22.9 Å². The highest BCUT2D eigenvalue weighted by atomic mass is 35.5. The number of rotatable bonds is 3. The summed E-state index contributed by atoms with van der Waals surface area (Å²) in [5.41, 5.74) is 2.36.